The predicted molar refractivity (Wildman–Crippen MR) is 75.0 cm³/mol. The van der Waals surface area contributed by atoms with Crippen LogP contribution in [0.15, 0.2) is 54.0 Å². The molecule has 17 heavy (non-hydrogen) atoms. The number of pyridine rings is 1. The lowest BCUT2D eigenvalue weighted by atomic mass is 10.1. The van der Waals surface area contributed by atoms with E-state index in [1.807, 2.05) is 30.5 Å². The van der Waals surface area contributed by atoms with E-state index in [1.54, 1.807) is 11.3 Å². The van der Waals surface area contributed by atoms with Gasteiger partial charge >= 0.3 is 0 Å². The Bertz CT molecular complexity index is 648. The summed E-state index contributed by atoms with van der Waals surface area (Å²) in [7, 11) is 0. The number of fused-ring (bicyclic) bond motifs is 1. The molecule has 0 saturated carbocycles. The Kier molecular flexibility index (Phi) is 2.72. The summed E-state index contributed by atoms with van der Waals surface area (Å²) < 4.78 is 0. The highest BCUT2D eigenvalue weighted by Gasteiger charge is 1.97. The van der Waals surface area contributed by atoms with Gasteiger partial charge in [-0.3, -0.25) is 4.98 Å². The molecule has 0 fully saturated rings. The normalized spacial score (nSPS) is 11.3. The van der Waals surface area contributed by atoms with Crippen molar-refractivity contribution in [1.82, 2.24) is 4.98 Å². The number of hydrogen-bond donors (Lipinski definition) is 0. The third-order valence-corrected chi connectivity index (χ3v) is 3.49. The van der Waals surface area contributed by atoms with Crippen LogP contribution in [0.2, 0.25) is 0 Å². The fourth-order valence-corrected chi connectivity index (χ4v) is 2.44. The average molecular weight is 237 g/mol. The molecule has 1 nitrogen and oxygen atoms in total. The van der Waals surface area contributed by atoms with E-state index in [0.717, 1.165) is 5.52 Å². The second-order valence-corrected chi connectivity index (χ2v) is 4.75. The van der Waals surface area contributed by atoms with E-state index in [4.69, 9.17) is 0 Å². The van der Waals surface area contributed by atoms with Crippen molar-refractivity contribution in [2.75, 3.05) is 0 Å². The first-order chi connectivity index (χ1) is 8.43. The molecule has 0 saturated heterocycles. The highest BCUT2D eigenvalue weighted by atomic mass is 32.1. The standard InChI is InChI=1S/C15H11NS/c1-2-6-15-14(5-1)12(9-10-16-15)7-8-13-4-3-11-17-13/h1-11H/b8-7+. The van der Waals surface area contributed by atoms with Gasteiger partial charge in [-0.05, 0) is 35.2 Å². The van der Waals surface area contributed by atoms with Crippen molar-refractivity contribution in [1.29, 1.82) is 0 Å². The van der Waals surface area contributed by atoms with E-state index < -0.39 is 0 Å². The van der Waals surface area contributed by atoms with Crippen molar-refractivity contribution >= 4 is 34.4 Å². The van der Waals surface area contributed by atoms with Crippen LogP contribution >= 0.6 is 11.3 Å². The molecule has 0 unspecified atom stereocenters. The van der Waals surface area contributed by atoms with Crippen molar-refractivity contribution in [3.63, 3.8) is 0 Å². The van der Waals surface area contributed by atoms with Crippen molar-refractivity contribution in [3.8, 4) is 0 Å². The molecule has 0 N–H and O–H groups in total. The molecule has 0 aliphatic heterocycles. The first kappa shape index (κ1) is 10.2. The molecule has 1 aromatic carbocycles. The summed E-state index contributed by atoms with van der Waals surface area (Å²) in [4.78, 5) is 5.62. The summed E-state index contributed by atoms with van der Waals surface area (Å²) in [5, 5.41) is 3.28. The zero-order chi connectivity index (χ0) is 11.5. The van der Waals surface area contributed by atoms with Crippen LogP contribution in [0.3, 0.4) is 0 Å². The third-order valence-electron chi connectivity index (χ3n) is 2.65. The van der Waals surface area contributed by atoms with Crippen LogP contribution in [-0.4, -0.2) is 4.98 Å². The summed E-state index contributed by atoms with van der Waals surface area (Å²) in [6.07, 6.45) is 6.15. The number of para-hydroxylation sites is 1. The van der Waals surface area contributed by atoms with Gasteiger partial charge in [0.1, 0.15) is 0 Å². The van der Waals surface area contributed by atoms with Gasteiger partial charge in [-0.2, -0.15) is 0 Å². The fourth-order valence-electron chi connectivity index (χ4n) is 1.82. The van der Waals surface area contributed by atoms with Crippen LogP contribution in [-0.2, 0) is 0 Å². The molecule has 3 rings (SSSR count). The first-order valence-electron chi connectivity index (χ1n) is 5.49. The maximum Gasteiger partial charge on any atom is 0.0707 e. The number of hydrogen-bond acceptors (Lipinski definition) is 2. The summed E-state index contributed by atoms with van der Waals surface area (Å²) in [6, 6.07) is 14.4. The molecule has 2 aromatic heterocycles. The molecule has 82 valence electrons. The molecule has 0 bridgehead atoms. The molecular weight excluding hydrogens is 226 g/mol. The van der Waals surface area contributed by atoms with E-state index in [-0.39, 0.29) is 0 Å². The maximum atomic E-state index is 4.36. The van der Waals surface area contributed by atoms with Crippen molar-refractivity contribution in [2.45, 2.75) is 0 Å². The number of nitrogens with zero attached hydrogens (tertiary/aromatic N) is 1. The molecule has 3 aromatic rings. The van der Waals surface area contributed by atoms with Crippen LogP contribution in [0.5, 0.6) is 0 Å². The molecule has 0 radical (unpaired) electrons. The van der Waals surface area contributed by atoms with Gasteiger partial charge in [-0.15, -0.1) is 11.3 Å². The van der Waals surface area contributed by atoms with Gasteiger partial charge in [-0.25, -0.2) is 0 Å². The minimum absolute atomic E-state index is 1.04. The van der Waals surface area contributed by atoms with E-state index in [0.29, 0.717) is 0 Å². The van der Waals surface area contributed by atoms with Gasteiger partial charge in [0.05, 0.1) is 5.52 Å². The highest BCUT2D eigenvalue weighted by Crippen LogP contribution is 2.19. The van der Waals surface area contributed by atoms with Crippen LogP contribution in [0.4, 0.5) is 0 Å². The van der Waals surface area contributed by atoms with Crippen molar-refractivity contribution in [3.05, 3.63) is 64.5 Å². The number of thiophene rings is 1. The molecule has 0 aliphatic carbocycles. The fraction of sp³-hybridized carbons (Fsp3) is 0. The van der Waals surface area contributed by atoms with Gasteiger partial charge in [0.2, 0.25) is 0 Å². The average Bonchev–Trinajstić information content (AvgIpc) is 2.89. The van der Waals surface area contributed by atoms with Crippen LogP contribution in [0.25, 0.3) is 23.1 Å². The Morgan fingerprint density at radius 2 is 1.88 bits per heavy atom. The van der Waals surface area contributed by atoms with Gasteiger partial charge in [0, 0.05) is 16.5 Å². The Morgan fingerprint density at radius 1 is 0.941 bits per heavy atom. The summed E-state index contributed by atoms with van der Waals surface area (Å²) >= 11 is 1.75. The minimum Gasteiger partial charge on any atom is -0.256 e. The summed E-state index contributed by atoms with van der Waals surface area (Å²) in [5.41, 5.74) is 2.25. The monoisotopic (exact) mass is 237 g/mol. The largest absolute Gasteiger partial charge is 0.256 e. The molecule has 0 amide bonds. The zero-order valence-corrected chi connectivity index (χ0v) is 10.0. The Labute approximate surface area is 104 Å². The molecular formula is C15H11NS. The van der Waals surface area contributed by atoms with E-state index in [1.165, 1.54) is 15.8 Å². The zero-order valence-electron chi connectivity index (χ0n) is 9.21. The molecule has 0 aliphatic rings. The summed E-state index contributed by atoms with van der Waals surface area (Å²) in [5.74, 6) is 0. The quantitative estimate of drug-likeness (QED) is 0.641. The van der Waals surface area contributed by atoms with Crippen LogP contribution in [0.1, 0.15) is 10.4 Å². The van der Waals surface area contributed by atoms with Gasteiger partial charge in [0.15, 0.2) is 0 Å². The lowest BCUT2D eigenvalue weighted by molar-refractivity contribution is 1.41. The number of benzene rings is 1. The van der Waals surface area contributed by atoms with Crippen LogP contribution in [0, 0.1) is 0 Å². The maximum absolute atomic E-state index is 4.36. The predicted octanol–water partition coefficient (Wildman–Crippen LogP) is 4.47. The lowest BCUT2D eigenvalue weighted by Crippen LogP contribution is -1.81. The van der Waals surface area contributed by atoms with Crippen molar-refractivity contribution in [2.24, 2.45) is 0 Å². The Balaban J connectivity index is 2.06. The smallest absolute Gasteiger partial charge is 0.0707 e. The van der Waals surface area contributed by atoms with Gasteiger partial charge in [-0.1, -0.05) is 30.3 Å². The second kappa shape index (κ2) is 4.52. The Hall–Kier alpha value is -1.93. The second-order valence-electron chi connectivity index (χ2n) is 3.77. The minimum atomic E-state index is 1.04. The third kappa shape index (κ3) is 2.12. The number of aromatic nitrogens is 1. The lowest BCUT2D eigenvalue weighted by Gasteiger charge is -2.00. The van der Waals surface area contributed by atoms with E-state index >= 15 is 0 Å². The SMILES string of the molecule is C(=C\c1ccnc2ccccc12)/c1cccs1. The van der Waals surface area contributed by atoms with Gasteiger partial charge in [0.25, 0.3) is 0 Å². The van der Waals surface area contributed by atoms with Crippen LogP contribution < -0.4 is 0 Å². The first-order valence-corrected chi connectivity index (χ1v) is 6.37. The highest BCUT2D eigenvalue weighted by molar-refractivity contribution is 7.10. The van der Waals surface area contributed by atoms with E-state index in [2.05, 4.69) is 40.7 Å². The van der Waals surface area contributed by atoms with Crippen molar-refractivity contribution < 1.29 is 0 Å². The van der Waals surface area contributed by atoms with E-state index in [9.17, 15) is 0 Å². The number of rotatable bonds is 2. The van der Waals surface area contributed by atoms with Gasteiger partial charge < -0.3 is 0 Å². The molecule has 2 heterocycles. The molecule has 2 heteroatoms. The Morgan fingerprint density at radius 3 is 2.76 bits per heavy atom. The molecule has 0 spiro atoms. The summed E-state index contributed by atoms with van der Waals surface area (Å²) in [6.45, 7) is 0. The topological polar surface area (TPSA) is 12.9 Å². The molecule has 0 atom stereocenters.